The summed E-state index contributed by atoms with van der Waals surface area (Å²) in [5, 5.41) is 12.5. The molecule has 1 N–H and O–H groups in total. The number of oxazole rings is 1. The monoisotopic (exact) mass is 378 g/mol. The molecule has 0 aliphatic carbocycles. The van der Waals surface area contributed by atoms with Gasteiger partial charge in [0.2, 0.25) is 0 Å². The van der Waals surface area contributed by atoms with E-state index in [4.69, 9.17) is 4.42 Å². The molecule has 2 aliphatic rings. The Labute approximate surface area is 164 Å². The maximum absolute atomic E-state index is 5.43. The van der Waals surface area contributed by atoms with Crippen LogP contribution < -0.4 is 10.2 Å². The molecule has 0 amide bonds. The van der Waals surface area contributed by atoms with Crippen LogP contribution >= 0.6 is 0 Å². The number of rotatable bonds is 5. The number of benzene rings is 1. The molecular formula is C21H26N6O. The van der Waals surface area contributed by atoms with Gasteiger partial charge in [0.1, 0.15) is 11.6 Å². The SMILES string of the molecule is c1cc(-c2cnco2)cc(N2CCC(NCc3nnc4n3CCCC4)CC2)c1. The molecule has 1 saturated heterocycles. The second-order valence-corrected chi connectivity index (χ2v) is 7.70. The molecule has 4 heterocycles. The Morgan fingerprint density at radius 3 is 2.89 bits per heavy atom. The van der Waals surface area contributed by atoms with Crippen molar-refractivity contribution < 1.29 is 4.42 Å². The Kier molecular flexibility index (Phi) is 4.83. The molecule has 0 unspecified atom stereocenters. The number of fused-ring (bicyclic) bond motifs is 1. The van der Waals surface area contributed by atoms with Gasteiger partial charge in [-0.1, -0.05) is 12.1 Å². The second kappa shape index (κ2) is 7.75. The van der Waals surface area contributed by atoms with Crippen molar-refractivity contribution in [3.63, 3.8) is 0 Å². The van der Waals surface area contributed by atoms with Crippen molar-refractivity contribution in [2.24, 2.45) is 0 Å². The fourth-order valence-corrected chi connectivity index (χ4v) is 4.29. The van der Waals surface area contributed by atoms with Crippen molar-refractivity contribution in [2.45, 2.75) is 51.2 Å². The molecular weight excluding hydrogens is 352 g/mol. The summed E-state index contributed by atoms with van der Waals surface area (Å²) in [5.74, 6) is 3.07. The van der Waals surface area contributed by atoms with Gasteiger partial charge in [0.25, 0.3) is 0 Å². The van der Waals surface area contributed by atoms with E-state index < -0.39 is 0 Å². The lowest BCUT2D eigenvalue weighted by molar-refractivity contribution is 0.401. The summed E-state index contributed by atoms with van der Waals surface area (Å²) in [4.78, 5) is 6.47. The summed E-state index contributed by atoms with van der Waals surface area (Å²) in [7, 11) is 0. The topological polar surface area (TPSA) is 72.0 Å². The number of hydrogen-bond donors (Lipinski definition) is 1. The molecule has 7 heteroatoms. The quantitative estimate of drug-likeness (QED) is 0.736. The highest BCUT2D eigenvalue weighted by Crippen LogP contribution is 2.26. The van der Waals surface area contributed by atoms with Crippen LogP contribution in [0.1, 0.15) is 37.3 Å². The predicted molar refractivity (Wildman–Crippen MR) is 107 cm³/mol. The first-order valence-electron chi connectivity index (χ1n) is 10.2. The average molecular weight is 378 g/mol. The van der Waals surface area contributed by atoms with Crippen LogP contribution in [0.5, 0.6) is 0 Å². The maximum Gasteiger partial charge on any atom is 0.181 e. The third kappa shape index (κ3) is 3.54. The van der Waals surface area contributed by atoms with Crippen LogP contribution in [0.2, 0.25) is 0 Å². The normalized spacial score (nSPS) is 17.6. The first-order chi connectivity index (χ1) is 13.9. The van der Waals surface area contributed by atoms with Gasteiger partial charge in [0, 0.05) is 43.3 Å². The fourth-order valence-electron chi connectivity index (χ4n) is 4.29. The Hall–Kier alpha value is -2.67. The fraction of sp³-hybridized carbons (Fsp3) is 0.476. The van der Waals surface area contributed by atoms with Crippen molar-refractivity contribution in [1.82, 2.24) is 25.1 Å². The molecule has 1 aromatic carbocycles. The van der Waals surface area contributed by atoms with E-state index in [0.29, 0.717) is 6.04 Å². The van der Waals surface area contributed by atoms with Gasteiger partial charge >= 0.3 is 0 Å². The van der Waals surface area contributed by atoms with E-state index in [1.54, 1.807) is 6.20 Å². The number of hydrogen-bond acceptors (Lipinski definition) is 6. The molecule has 3 aromatic rings. The number of aromatic nitrogens is 4. The number of piperidine rings is 1. The number of aryl methyl sites for hydroxylation is 1. The van der Waals surface area contributed by atoms with Crippen LogP contribution in [0.4, 0.5) is 5.69 Å². The Morgan fingerprint density at radius 2 is 2.04 bits per heavy atom. The lowest BCUT2D eigenvalue weighted by atomic mass is 10.0. The van der Waals surface area contributed by atoms with Crippen LogP contribution in [-0.2, 0) is 19.5 Å². The molecule has 7 nitrogen and oxygen atoms in total. The molecule has 2 aromatic heterocycles. The van der Waals surface area contributed by atoms with Crippen molar-refractivity contribution in [3.05, 3.63) is 48.5 Å². The third-order valence-electron chi connectivity index (χ3n) is 5.91. The van der Waals surface area contributed by atoms with E-state index in [-0.39, 0.29) is 0 Å². The van der Waals surface area contributed by atoms with Crippen molar-refractivity contribution in [1.29, 1.82) is 0 Å². The lowest BCUT2D eigenvalue weighted by Crippen LogP contribution is -2.42. The summed E-state index contributed by atoms with van der Waals surface area (Å²) in [6.07, 6.45) is 9.05. The smallest absolute Gasteiger partial charge is 0.181 e. The minimum atomic E-state index is 0.533. The minimum Gasteiger partial charge on any atom is -0.444 e. The van der Waals surface area contributed by atoms with Gasteiger partial charge in [-0.2, -0.15) is 0 Å². The Balaban J connectivity index is 1.17. The zero-order chi connectivity index (χ0) is 18.8. The van der Waals surface area contributed by atoms with Crippen molar-refractivity contribution in [3.8, 4) is 11.3 Å². The number of nitrogens with one attached hydrogen (secondary N) is 1. The molecule has 0 bridgehead atoms. The van der Waals surface area contributed by atoms with Crippen LogP contribution in [0, 0.1) is 0 Å². The molecule has 146 valence electrons. The number of anilines is 1. The summed E-state index contributed by atoms with van der Waals surface area (Å²) in [6.45, 7) is 3.99. The summed E-state index contributed by atoms with van der Waals surface area (Å²) < 4.78 is 7.74. The standard InChI is InChI=1S/C21H26N6O/c1-2-9-27-20(6-1)24-25-21(27)14-23-17-7-10-26(11-8-17)18-5-3-4-16(12-18)19-13-22-15-28-19/h3-5,12-13,15,17,23H,1-2,6-11,14H2. The Bertz CT molecular complexity index is 911. The van der Waals surface area contributed by atoms with Crippen molar-refractivity contribution >= 4 is 5.69 Å². The average Bonchev–Trinajstić information content (AvgIpc) is 3.43. The summed E-state index contributed by atoms with van der Waals surface area (Å²) >= 11 is 0. The molecule has 0 saturated carbocycles. The van der Waals surface area contributed by atoms with Crippen LogP contribution in [-0.4, -0.2) is 38.9 Å². The van der Waals surface area contributed by atoms with Gasteiger partial charge in [0.15, 0.2) is 12.2 Å². The first kappa shape index (κ1) is 17.4. The van der Waals surface area contributed by atoms with Gasteiger partial charge < -0.3 is 19.2 Å². The predicted octanol–water partition coefficient (Wildman–Crippen LogP) is 3.03. The molecule has 1 fully saturated rings. The third-order valence-corrected chi connectivity index (χ3v) is 5.91. The highest BCUT2D eigenvalue weighted by molar-refractivity contribution is 5.64. The molecule has 0 atom stereocenters. The highest BCUT2D eigenvalue weighted by atomic mass is 16.3. The van der Waals surface area contributed by atoms with Gasteiger partial charge in [-0.15, -0.1) is 10.2 Å². The van der Waals surface area contributed by atoms with Crippen molar-refractivity contribution in [2.75, 3.05) is 18.0 Å². The van der Waals surface area contributed by atoms with Crippen LogP contribution in [0.25, 0.3) is 11.3 Å². The summed E-state index contributed by atoms with van der Waals surface area (Å²) in [5.41, 5.74) is 2.32. The van der Waals surface area contributed by atoms with Gasteiger partial charge in [-0.25, -0.2) is 4.98 Å². The van der Waals surface area contributed by atoms with E-state index in [2.05, 4.69) is 54.2 Å². The van der Waals surface area contributed by atoms with Gasteiger partial charge in [0.05, 0.1) is 12.7 Å². The zero-order valence-electron chi connectivity index (χ0n) is 16.0. The zero-order valence-corrected chi connectivity index (χ0v) is 16.0. The lowest BCUT2D eigenvalue weighted by Gasteiger charge is -2.34. The van der Waals surface area contributed by atoms with Crippen LogP contribution in [0.3, 0.4) is 0 Å². The molecule has 0 spiro atoms. The maximum atomic E-state index is 5.43. The largest absolute Gasteiger partial charge is 0.444 e. The highest BCUT2D eigenvalue weighted by Gasteiger charge is 2.21. The molecule has 5 rings (SSSR count). The number of nitrogens with zero attached hydrogens (tertiary/aromatic N) is 5. The summed E-state index contributed by atoms with van der Waals surface area (Å²) in [6, 6.07) is 9.06. The van der Waals surface area contributed by atoms with E-state index in [9.17, 15) is 0 Å². The van der Waals surface area contributed by atoms with E-state index in [1.807, 2.05) is 0 Å². The van der Waals surface area contributed by atoms with Gasteiger partial charge in [-0.3, -0.25) is 0 Å². The second-order valence-electron chi connectivity index (χ2n) is 7.70. The van der Waals surface area contributed by atoms with E-state index in [0.717, 1.165) is 68.4 Å². The van der Waals surface area contributed by atoms with E-state index >= 15 is 0 Å². The first-order valence-corrected chi connectivity index (χ1v) is 10.2. The van der Waals surface area contributed by atoms with E-state index in [1.165, 1.54) is 24.9 Å². The molecule has 0 radical (unpaired) electrons. The molecule has 28 heavy (non-hydrogen) atoms. The minimum absolute atomic E-state index is 0.533. The molecule has 2 aliphatic heterocycles. The Morgan fingerprint density at radius 1 is 1.11 bits per heavy atom. The van der Waals surface area contributed by atoms with Crippen LogP contribution in [0.15, 0.2) is 41.3 Å². The van der Waals surface area contributed by atoms with Gasteiger partial charge in [-0.05, 0) is 37.8 Å².